The van der Waals surface area contributed by atoms with E-state index in [0.29, 0.717) is 5.56 Å². The van der Waals surface area contributed by atoms with Crippen LogP contribution < -0.4 is 0 Å². The largest absolute Gasteiger partial charge is 0.432 e. The Bertz CT molecular complexity index is 743. The van der Waals surface area contributed by atoms with E-state index in [9.17, 15) is 13.2 Å². The van der Waals surface area contributed by atoms with E-state index in [1.54, 1.807) is 30.3 Å². The van der Waals surface area contributed by atoms with E-state index in [2.05, 4.69) is 0 Å². The first-order valence-corrected chi connectivity index (χ1v) is 6.91. The van der Waals surface area contributed by atoms with Gasteiger partial charge in [0, 0.05) is 18.3 Å². The van der Waals surface area contributed by atoms with Crippen molar-refractivity contribution in [1.29, 1.82) is 0 Å². The Labute approximate surface area is 126 Å². The van der Waals surface area contributed by atoms with Crippen molar-refractivity contribution in [2.24, 2.45) is 0 Å². The maximum atomic E-state index is 13.5. The van der Waals surface area contributed by atoms with E-state index in [4.69, 9.17) is 0 Å². The van der Waals surface area contributed by atoms with Crippen molar-refractivity contribution in [3.05, 3.63) is 84.2 Å². The molecule has 0 bridgehead atoms. The van der Waals surface area contributed by atoms with Crippen molar-refractivity contribution in [2.75, 3.05) is 0 Å². The van der Waals surface area contributed by atoms with Gasteiger partial charge < -0.3 is 4.57 Å². The molecule has 2 aromatic carbocycles. The Morgan fingerprint density at radius 3 is 1.95 bits per heavy atom. The second kappa shape index (κ2) is 5.72. The van der Waals surface area contributed by atoms with Crippen LogP contribution in [0.3, 0.4) is 0 Å². The van der Waals surface area contributed by atoms with E-state index in [1.165, 1.54) is 16.8 Å². The molecule has 0 spiro atoms. The highest BCUT2D eigenvalue weighted by Gasteiger charge is 2.37. The molecule has 0 amide bonds. The fourth-order valence-electron chi connectivity index (χ4n) is 2.55. The van der Waals surface area contributed by atoms with Gasteiger partial charge >= 0.3 is 6.18 Å². The highest BCUT2D eigenvalue weighted by Crippen LogP contribution is 2.38. The number of hydrogen-bond acceptors (Lipinski definition) is 0. The number of aromatic nitrogens is 1. The standard InChI is InChI=1S/C18H14F3N/c19-18(20,21)17-16(15-9-5-2-6-10-15)11-12-22(17)13-14-7-3-1-4-8-14/h1-12H,13H2. The van der Waals surface area contributed by atoms with E-state index >= 15 is 0 Å². The van der Waals surface area contributed by atoms with Gasteiger partial charge in [0.25, 0.3) is 0 Å². The molecule has 0 radical (unpaired) electrons. The van der Waals surface area contributed by atoms with Gasteiger partial charge in [-0.25, -0.2) is 0 Å². The van der Waals surface area contributed by atoms with Gasteiger partial charge in [0.15, 0.2) is 0 Å². The zero-order chi connectivity index (χ0) is 15.6. The number of rotatable bonds is 3. The van der Waals surface area contributed by atoms with E-state index in [-0.39, 0.29) is 12.1 Å². The summed E-state index contributed by atoms with van der Waals surface area (Å²) in [6.07, 6.45) is -2.90. The average molecular weight is 301 g/mol. The van der Waals surface area contributed by atoms with Crippen LogP contribution in [0.15, 0.2) is 72.9 Å². The second-order valence-corrected chi connectivity index (χ2v) is 5.06. The maximum absolute atomic E-state index is 13.5. The molecule has 1 nitrogen and oxygen atoms in total. The van der Waals surface area contributed by atoms with Crippen molar-refractivity contribution in [3.8, 4) is 11.1 Å². The van der Waals surface area contributed by atoms with Gasteiger partial charge in [-0.05, 0) is 17.2 Å². The molecular weight excluding hydrogens is 287 g/mol. The number of benzene rings is 2. The zero-order valence-corrected chi connectivity index (χ0v) is 11.7. The molecule has 112 valence electrons. The fraction of sp³-hybridized carbons (Fsp3) is 0.111. The van der Waals surface area contributed by atoms with Gasteiger partial charge in [0.2, 0.25) is 0 Å². The van der Waals surface area contributed by atoms with E-state index in [1.807, 2.05) is 30.3 Å². The van der Waals surface area contributed by atoms with Crippen LogP contribution in [-0.2, 0) is 12.7 Å². The third kappa shape index (κ3) is 2.91. The van der Waals surface area contributed by atoms with Crippen LogP contribution in [0.1, 0.15) is 11.3 Å². The molecular formula is C18H14F3N. The molecule has 0 fully saturated rings. The maximum Gasteiger partial charge on any atom is 0.432 e. The molecule has 3 aromatic rings. The summed E-state index contributed by atoms with van der Waals surface area (Å²) in [4.78, 5) is 0. The Hall–Kier alpha value is -2.49. The van der Waals surface area contributed by atoms with E-state index in [0.717, 1.165) is 5.56 Å². The number of nitrogens with zero attached hydrogens (tertiary/aromatic N) is 1. The molecule has 0 N–H and O–H groups in total. The lowest BCUT2D eigenvalue weighted by Gasteiger charge is -2.14. The summed E-state index contributed by atoms with van der Waals surface area (Å²) < 4.78 is 41.8. The first kappa shape index (κ1) is 14.4. The number of halogens is 3. The van der Waals surface area contributed by atoms with Crippen LogP contribution in [0.4, 0.5) is 13.2 Å². The fourth-order valence-corrected chi connectivity index (χ4v) is 2.55. The monoisotopic (exact) mass is 301 g/mol. The average Bonchev–Trinajstić information content (AvgIpc) is 2.93. The molecule has 1 heterocycles. The highest BCUT2D eigenvalue weighted by atomic mass is 19.4. The predicted octanol–water partition coefficient (Wildman–Crippen LogP) is 5.22. The summed E-state index contributed by atoms with van der Waals surface area (Å²) in [6.45, 7) is 0.197. The summed E-state index contributed by atoms with van der Waals surface area (Å²) in [5.41, 5.74) is 1.01. The Morgan fingerprint density at radius 1 is 0.773 bits per heavy atom. The van der Waals surface area contributed by atoms with Crippen molar-refractivity contribution >= 4 is 0 Å². The van der Waals surface area contributed by atoms with Crippen LogP contribution in [-0.4, -0.2) is 4.57 Å². The minimum absolute atomic E-state index is 0.197. The Kier molecular flexibility index (Phi) is 3.75. The van der Waals surface area contributed by atoms with Crippen LogP contribution in [0, 0.1) is 0 Å². The Morgan fingerprint density at radius 2 is 1.36 bits per heavy atom. The summed E-state index contributed by atoms with van der Waals surface area (Å²) in [7, 11) is 0. The minimum Gasteiger partial charge on any atom is -0.339 e. The third-order valence-electron chi connectivity index (χ3n) is 3.51. The lowest BCUT2D eigenvalue weighted by atomic mass is 10.1. The van der Waals surface area contributed by atoms with E-state index < -0.39 is 11.9 Å². The third-order valence-corrected chi connectivity index (χ3v) is 3.51. The lowest BCUT2D eigenvalue weighted by molar-refractivity contribution is -0.142. The molecule has 0 atom stereocenters. The molecule has 3 rings (SSSR count). The molecule has 4 heteroatoms. The lowest BCUT2D eigenvalue weighted by Crippen LogP contribution is -2.15. The zero-order valence-electron chi connectivity index (χ0n) is 11.7. The van der Waals surface area contributed by atoms with Gasteiger partial charge in [0.1, 0.15) is 5.69 Å². The van der Waals surface area contributed by atoms with Crippen molar-refractivity contribution in [1.82, 2.24) is 4.57 Å². The molecule has 0 aliphatic carbocycles. The number of hydrogen-bond donors (Lipinski definition) is 0. The van der Waals surface area contributed by atoms with Gasteiger partial charge in [0.05, 0.1) is 0 Å². The molecule has 0 aliphatic rings. The van der Waals surface area contributed by atoms with Gasteiger partial charge in [-0.1, -0.05) is 60.7 Å². The summed E-state index contributed by atoms with van der Waals surface area (Å²) in [5, 5.41) is 0. The molecule has 0 aliphatic heterocycles. The van der Waals surface area contributed by atoms with Crippen LogP contribution in [0.2, 0.25) is 0 Å². The molecule has 0 saturated carbocycles. The van der Waals surface area contributed by atoms with Gasteiger partial charge in [-0.2, -0.15) is 13.2 Å². The van der Waals surface area contributed by atoms with Gasteiger partial charge in [-0.3, -0.25) is 0 Å². The van der Waals surface area contributed by atoms with Crippen molar-refractivity contribution in [2.45, 2.75) is 12.7 Å². The molecule has 22 heavy (non-hydrogen) atoms. The highest BCUT2D eigenvalue weighted by molar-refractivity contribution is 5.67. The second-order valence-electron chi connectivity index (χ2n) is 5.06. The van der Waals surface area contributed by atoms with Crippen LogP contribution in [0.25, 0.3) is 11.1 Å². The minimum atomic E-state index is -4.40. The Balaban J connectivity index is 2.07. The number of alkyl halides is 3. The smallest absolute Gasteiger partial charge is 0.339 e. The normalized spacial score (nSPS) is 11.6. The van der Waals surface area contributed by atoms with Crippen molar-refractivity contribution < 1.29 is 13.2 Å². The van der Waals surface area contributed by atoms with Crippen LogP contribution >= 0.6 is 0 Å². The molecule has 0 unspecified atom stereocenters. The summed E-state index contributed by atoms with van der Waals surface area (Å²) >= 11 is 0. The first-order valence-electron chi connectivity index (χ1n) is 6.91. The topological polar surface area (TPSA) is 4.93 Å². The quantitative estimate of drug-likeness (QED) is 0.625. The molecule has 0 saturated heterocycles. The summed E-state index contributed by atoms with van der Waals surface area (Å²) in [5.74, 6) is 0. The molecule has 1 aromatic heterocycles. The predicted molar refractivity (Wildman–Crippen MR) is 80.4 cm³/mol. The van der Waals surface area contributed by atoms with Gasteiger partial charge in [-0.15, -0.1) is 0 Å². The van der Waals surface area contributed by atoms with Crippen LogP contribution in [0.5, 0.6) is 0 Å². The SMILES string of the molecule is FC(F)(F)c1c(-c2ccccc2)ccn1Cc1ccccc1. The summed E-state index contributed by atoms with van der Waals surface area (Å²) in [6, 6.07) is 19.3. The van der Waals surface area contributed by atoms with Crippen molar-refractivity contribution in [3.63, 3.8) is 0 Å². The first-order chi connectivity index (χ1) is 10.6.